The number of benzene rings is 1. The van der Waals surface area contributed by atoms with E-state index in [2.05, 4.69) is 17.1 Å². The molecule has 1 amide bonds. The van der Waals surface area contributed by atoms with Gasteiger partial charge in [0.1, 0.15) is 0 Å². The number of carbonyl (C=O) groups is 2. The van der Waals surface area contributed by atoms with Crippen LogP contribution in [0.2, 0.25) is 0 Å². The molecule has 1 aromatic heterocycles. The number of hydrogen-bond acceptors (Lipinski definition) is 7. The first-order valence-corrected chi connectivity index (χ1v) is 17.2. The van der Waals surface area contributed by atoms with Crippen LogP contribution in [-0.4, -0.2) is 101 Å². The van der Waals surface area contributed by atoms with Crippen molar-refractivity contribution < 1.29 is 23.1 Å². The molecule has 2 aromatic rings. The number of aliphatic carboxylic acids is 1. The van der Waals surface area contributed by atoms with Gasteiger partial charge in [-0.05, 0) is 69.7 Å². The number of nitrogens with zero attached hydrogens (tertiary/aromatic N) is 5. The number of amides is 1. The van der Waals surface area contributed by atoms with Crippen LogP contribution in [0.15, 0.2) is 29.2 Å². The fourth-order valence-electron chi connectivity index (χ4n) is 6.78. The van der Waals surface area contributed by atoms with Crippen molar-refractivity contribution in [2.45, 2.75) is 82.7 Å². The van der Waals surface area contributed by atoms with Crippen LogP contribution in [-0.2, 0) is 26.2 Å². The lowest BCUT2D eigenvalue weighted by atomic mass is 9.86. The summed E-state index contributed by atoms with van der Waals surface area (Å²) in [4.78, 5) is 27.9. The SMILES string of the molecule is Cc1nn(-c2ccc(S(=O)(=O)N3CCN(CC(=O)O)CC3)cc2)c(C)c1CN1CCC(NC(=O)CC2CCCCC2)CC1.Cl.Cl.Cl. The molecule has 5 rings (SSSR count). The number of aryl methyl sites for hydroxylation is 1. The number of carboxylic acid groups (broad SMARTS) is 1. The number of sulfonamides is 1. The van der Waals surface area contributed by atoms with E-state index in [1.165, 1.54) is 42.0 Å². The average Bonchev–Trinajstić information content (AvgIpc) is 3.27. The second-order valence-electron chi connectivity index (χ2n) is 12.5. The highest BCUT2D eigenvalue weighted by Crippen LogP contribution is 2.27. The molecule has 3 heterocycles. The molecule has 1 saturated carbocycles. The van der Waals surface area contributed by atoms with E-state index >= 15 is 0 Å². The molecule has 2 aliphatic heterocycles. The van der Waals surface area contributed by atoms with Gasteiger partial charge in [0.05, 0.1) is 22.8 Å². The smallest absolute Gasteiger partial charge is 0.317 e. The number of nitrogens with one attached hydrogen (secondary N) is 1. The monoisotopic (exact) mass is 722 g/mol. The number of likely N-dealkylation sites (tertiary alicyclic amines) is 1. The van der Waals surface area contributed by atoms with Gasteiger partial charge in [-0.15, -0.1) is 37.2 Å². The molecule has 3 aliphatic rings. The van der Waals surface area contributed by atoms with E-state index in [1.54, 1.807) is 29.2 Å². The van der Waals surface area contributed by atoms with Gasteiger partial charge in [0.25, 0.3) is 0 Å². The van der Waals surface area contributed by atoms with E-state index in [0.29, 0.717) is 25.4 Å². The van der Waals surface area contributed by atoms with Gasteiger partial charge in [-0.25, -0.2) is 13.1 Å². The maximum absolute atomic E-state index is 13.2. The Morgan fingerprint density at radius 2 is 1.48 bits per heavy atom. The highest BCUT2D eigenvalue weighted by Gasteiger charge is 2.29. The zero-order valence-electron chi connectivity index (χ0n) is 26.7. The Labute approximate surface area is 291 Å². The Bertz CT molecular complexity index is 1390. The topological polar surface area (TPSA) is 128 Å². The van der Waals surface area contributed by atoms with Crippen LogP contribution in [0.1, 0.15) is 68.3 Å². The summed E-state index contributed by atoms with van der Waals surface area (Å²) in [6, 6.07) is 7.08. The van der Waals surface area contributed by atoms with Crippen molar-refractivity contribution >= 4 is 59.1 Å². The lowest BCUT2D eigenvalue weighted by Gasteiger charge is -2.33. The molecule has 2 N–H and O–H groups in total. The number of piperazine rings is 1. The Morgan fingerprint density at radius 3 is 2.07 bits per heavy atom. The first-order chi connectivity index (χ1) is 20.6. The molecule has 1 aliphatic carbocycles. The van der Waals surface area contributed by atoms with Crippen molar-refractivity contribution in [3.63, 3.8) is 0 Å². The summed E-state index contributed by atoms with van der Waals surface area (Å²) >= 11 is 0. The predicted molar refractivity (Wildman–Crippen MR) is 185 cm³/mol. The lowest BCUT2D eigenvalue weighted by molar-refractivity contribution is -0.138. The third-order valence-corrected chi connectivity index (χ3v) is 11.3. The largest absolute Gasteiger partial charge is 0.480 e. The van der Waals surface area contributed by atoms with E-state index in [1.807, 2.05) is 11.6 Å². The Balaban J connectivity index is 0.00000245. The molecule has 3 fully saturated rings. The number of hydrogen-bond donors (Lipinski definition) is 2. The summed E-state index contributed by atoms with van der Waals surface area (Å²) in [7, 11) is -3.67. The predicted octanol–water partition coefficient (Wildman–Crippen LogP) is 4.20. The lowest BCUT2D eigenvalue weighted by Crippen LogP contribution is -2.49. The van der Waals surface area contributed by atoms with Crippen LogP contribution >= 0.6 is 37.2 Å². The quantitative estimate of drug-likeness (QED) is 0.374. The van der Waals surface area contributed by atoms with Gasteiger partial charge in [-0.1, -0.05) is 19.3 Å². The number of rotatable bonds is 10. The normalized spacial score (nSPS) is 19.0. The van der Waals surface area contributed by atoms with Gasteiger partial charge < -0.3 is 10.4 Å². The number of carbonyl (C=O) groups excluding carboxylic acids is 1. The molecular formula is C31H49Cl3N6O5S. The van der Waals surface area contributed by atoms with E-state index in [0.717, 1.165) is 49.6 Å². The van der Waals surface area contributed by atoms with Crippen molar-refractivity contribution in [2.75, 3.05) is 45.8 Å². The van der Waals surface area contributed by atoms with Gasteiger partial charge in [-0.3, -0.25) is 19.4 Å². The average molecular weight is 724 g/mol. The maximum Gasteiger partial charge on any atom is 0.317 e. The summed E-state index contributed by atoms with van der Waals surface area (Å²) in [5.41, 5.74) is 3.97. The van der Waals surface area contributed by atoms with Gasteiger partial charge in [-0.2, -0.15) is 9.40 Å². The van der Waals surface area contributed by atoms with Gasteiger partial charge in [0, 0.05) is 69.5 Å². The van der Waals surface area contributed by atoms with Gasteiger partial charge >= 0.3 is 5.97 Å². The summed E-state index contributed by atoms with van der Waals surface area (Å²) in [6.45, 7) is 7.95. The highest BCUT2D eigenvalue weighted by molar-refractivity contribution is 7.89. The minimum atomic E-state index is -3.67. The van der Waals surface area contributed by atoms with E-state index in [-0.39, 0.29) is 73.7 Å². The third kappa shape index (κ3) is 10.0. The standard InChI is InChI=1S/C31H46N6O5S.3ClH/c1-23-29(21-34-14-12-26(13-15-34)32-30(38)20-25-6-4-3-5-7-25)24(2)37(33-23)27-8-10-28(11-9-27)43(41,42)36-18-16-35(17-19-36)22-31(39)40;;;/h8-11,25-26H,3-7,12-22H2,1-2H3,(H,32,38)(H,39,40);3*1H. The van der Waals surface area contributed by atoms with Crippen LogP contribution in [0, 0.1) is 19.8 Å². The highest BCUT2D eigenvalue weighted by atomic mass is 35.5. The molecule has 46 heavy (non-hydrogen) atoms. The number of carboxylic acids is 1. The first-order valence-electron chi connectivity index (χ1n) is 15.7. The zero-order chi connectivity index (χ0) is 30.6. The molecule has 0 radical (unpaired) electrons. The molecule has 2 saturated heterocycles. The second-order valence-corrected chi connectivity index (χ2v) is 14.4. The van der Waals surface area contributed by atoms with Crippen molar-refractivity contribution in [2.24, 2.45) is 5.92 Å². The molecule has 15 heteroatoms. The summed E-state index contributed by atoms with van der Waals surface area (Å²) in [5, 5.41) is 17.1. The molecule has 11 nitrogen and oxygen atoms in total. The minimum Gasteiger partial charge on any atom is -0.480 e. The molecular weight excluding hydrogens is 675 g/mol. The number of aromatic nitrogens is 2. The van der Waals surface area contributed by atoms with Crippen LogP contribution in [0.25, 0.3) is 5.69 Å². The summed E-state index contributed by atoms with van der Waals surface area (Å²) in [6.07, 6.45) is 8.79. The number of halogens is 3. The Hall–Kier alpha value is -1.93. The molecule has 0 atom stereocenters. The van der Waals surface area contributed by atoms with Gasteiger partial charge in [0.2, 0.25) is 15.9 Å². The fraction of sp³-hybridized carbons (Fsp3) is 0.645. The molecule has 260 valence electrons. The zero-order valence-corrected chi connectivity index (χ0v) is 30.0. The number of piperidine rings is 1. The third-order valence-electron chi connectivity index (χ3n) is 9.38. The van der Waals surface area contributed by atoms with E-state index in [4.69, 9.17) is 10.2 Å². The van der Waals surface area contributed by atoms with Crippen LogP contribution in [0.3, 0.4) is 0 Å². The van der Waals surface area contributed by atoms with Gasteiger partial charge in [0.15, 0.2) is 0 Å². The fourth-order valence-corrected chi connectivity index (χ4v) is 8.20. The van der Waals surface area contributed by atoms with E-state index < -0.39 is 16.0 Å². The second kappa shape index (κ2) is 18.0. The molecule has 1 aromatic carbocycles. The molecule has 0 spiro atoms. The Morgan fingerprint density at radius 1 is 0.870 bits per heavy atom. The maximum atomic E-state index is 13.2. The summed E-state index contributed by atoms with van der Waals surface area (Å²) in [5.74, 6) is -0.130. The van der Waals surface area contributed by atoms with Crippen molar-refractivity contribution in [1.82, 2.24) is 29.2 Å². The molecule has 0 bridgehead atoms. The summed E-state index contributed by atoms with van der Waals surface area (Å²) < 4.78 is 29.7. The van der Waals surface area contributed by atoms with Crippen LogP contribution < -0.4 is 5.32 Å². The van der Waals surface area contributed by atoms with Crippen LogP contribution in [0.5, 0.6) is 0 Å². The molecule has 0 unspecified atom stereocenters. The Kier molecular flexibility index (Phi) is 15.8. The minimum absolute atomic E-state index is 0. The van der Waals surface area contributed by atoms with E-state index in [9.17, 15) is 18.0 Å². The van der Waals surface area contributed by atoms with Crippen molar-refractivity contribution in [1.29, 1.82) is 0 Å². The van der Waals surface area contributed by atoms with Crippen molar-refractivity contribution in [3.05, 3.63) is 41.2 Å². The van der Waals surface area contributed by atoms with Crippen molar-refractivity contribution in [3.8, 4) is 5.69 Å². The van der Waals surface area contributed by atoms with Crippen LogP contribution in [0.4, 0.5) is 0 Å². The first kappa shape index (κ1) is 40.2.